The van der Waals surface area contributed by atoms with Crippen LogP contribution >= 0.6 is 11.8 Å². The summed E-state index contributed by atoms with van der Waals surface area (Å²) in [6, 6.07) is 13.8. The fraction of sp³-hybridized carbons (Fsp3) is 0. The van der Waals surface area contributed by atoms with Crippen LogP contribution in [0.25, 0.3) is 0 Å². The lowest BCUT2D eigenvalue weighted by Crippen LogP contribution is -2.00. The van der Waals surface area contributed by atoms with Crippen molar-refractivity contribution in [2.24, 2.45) is 0 Å². The summed E-state index contributed by atoms with van der Waals surface area (Å²) in [7, 11) is 0. The lowest BCUT2D eigenvalue weighted by molar-refractivity contribution is 0.0693. The van der Waals surface area contributed by atoms with Crippen LogP contribution in [0, 0.1) is 11.3 Å². The van der Waals surface area contributed by atoms with Crippen LogP contribution in [0.3, 0.4) is 0 Å². The smallest absolute Gasteiger partial charge is 0.336 e. The zero-order chi connectivity index (χ0) is 13.8. The first-order valence-electron chi connectivity index (χ1n) is 5.41. The highest BCUT2D eigenvalue weighted by atomic mass is 32.2. The SMILES string of the molecule is N#Cc1ccc(Sc2ccc(N)cc2C(=O)O)cc1. The summed E-state index contributed by atoms with van der Waals surface area (Å²) < 4.78 is 0. The lowest BCUT2D eigenvalue weighted by atomic mass is 10.2. The van der Waals surface area contributed by atoms with E-state index in [0.717, 1.165) is 4.90 Å². The molecular weight excluding hydrogens is 260 g/mol. The highest BCUT2D eigenvalue weighted by Gasteiger charge is 2.11. The predicted octanol–water partition coefficient (Wildman–Crippen LogP) is 2.99. The van der Waals surface area contributed by atoms with Crippen molar-refractivity contribution < 1.29 is 9.90 Å². The van der Waals surface area contributed by atoms with Gasteiger partial charge in [-0.1, -0.05) is 11.8 Å². The molecule has 0 spiro atoms. The van der Waals surface area contributed by atoms with Crippen molar-refractivity contribution in [1.29, 1.82) is 5.26 Å². The van der Waals surface area contributed by atoms with Crippen molar-refractivity contribution in [3.05, 3.63) is 53.6 Å². The third kappa shape index (κ3) is 3.06. The molecule has 0 bridgehead atoms. The molecular formula is C14H10N2O2S. The van der Waals surface area contributed by atoms with E-state index >= 15 is 0 Å². The Bertz CT molecular complexity index is 660. The summed E-state index contributed by atoms with van der Waals surface area (Å²) in [5, 5.41) is 17.9. The molecule has 0 saturated heterocycles. The molecule has 4 nitrogen and oxygen atoms in total. The predicted molar refractivity (Wildman–Crippen MR) is 73.1 cm³/mol. The molecule has 0 fully saturated rings. The molecule has 0 aromatic heterocycles. The standard InChI is InChI=1S/C14H10N2O2S/c15-8-9-1-4-11(5-2-9)19-13-6-3-10(16)7-12(13)14(17)18/h1-7H,16H2,(H,17,18). The van der Waals surface area contributed by atoms with E-state index in [1.807, 2.05) is 6.07 Å². The van der Waals surface area contributed by atoms with Crippen molar-refractivity contribution in [2.75, 3.05) is 5.73 Å². The van der Waals surface area contributed by atoms with Crippen molar-refractivity contribution >= 4 is 23.4 Å². The van der Waals surface area contributed by atoms with E-state index < -0.39 is 5.97 Å². The Morgan fingerprint density at radius 3 is 2.47 bits per heavy atom. The molecule has 0 aliphatic carbocycles. The Hall–Kier alpha value is -2.45. The summed E-state index contributed by atoms with van der Waals surface area (Å²) in [4.78, 5) is 12.6. The van der Waals surface area contributed by atoms with Crippen LogP contribution in [-0.4, -0.2) is 11.1 Å². The Labute approximate surface area is 114 Å². The number of hydrogen-bond donors (Lipinski definition) is 2. The second-order valence-corrected chi connectivity index (χ2v) is 4.91. The van der Waals surface area contributed by atoms with E-state index in [-0.39, 0.29) is 5.56 Å². The Morgan fingerprint density at radius 1 is 1.21 bits per heavy atom. The molecule has 2 aromatic rings. The summed E-state index contributed by atoms with van der Waals surface area (Å²) in [6.07, 6.45) is 0. The number of nitriles is 1. The molecule has 94 valence electrons. The maximum Gasteiger partial charge on any atom is 0.336 e. The van der Waals surface area contributed by atoms with Gasteiger partial charge < -0.3 is 10.8 Å². The van der Waals surface area contributed by atoms with Crippen LogP contribution in [0.1, 0.15) is 15.9 Å². The van der Waals surface area contributed by atoms with E-state index in [1.165, 1.54) is 17.8 Å². The number of nitrogen functional groups attached to an aromatic ring is 1. The topological polar surface area (TPSA) is 87.1 Å². The van der Waals surface area contributed by atoms with Gasteiger partial charge in [-0.3, -0.25) is 0 Å². The molecule has 0 unspecified atom stereocenters. The molecule has 0 heterocycles. The van der Waals surface area contributed by atoms with E-state index in [9.17, 15) is 4.79 Å². The van der Waals surface area contributed by atoms with Crippen LogP contribution in [0.15, 0.2) is 52.3 Å². The third-order valence-electron chi connectivity index (χ3n) is 2.45. The molecule has 2 aromatic carbocycles. The molecule has 3 N–H and O–H groups in total. The molecule has 0 amide bonds. The fourth-order valence-electron chi connectivity index (χ4n) is 1.53. The number of nitrogens with zero attached hydrogens (tertiary/aromatic N) is 1. The first-order valence-corrected chi connectivity index (χ1v) is 6.22. The van der Waals surface area contributed by atoms with Crippen molar-refractivity contribution in [3.63, 3.8) is 0 Å². The van der Waals surface area contributed by atoms with Gasteiger partial charge in [0, 0.05) is 15.5 Å². The minimum atomic E-state index is -1.01. The van der Waals surface area contributed by atoms with Crippen molar-refractivity contribution in [1.82, 2.24) is 0 Å². The van der Waals surface area contributed by atoms with Gasteiger partial charge in [0.05, 0.1) is 17.2 Å². The number of benzene rings is 2. The number of carbonyl (C=O) groups is 1. The van der Waals surface area contributed by atoms with Crippen molar-refractivity contribution in [3.8, 4) is 6.07 Å². The maximum absolute atomic E-state index is 11.2. The first-order chi connectivity index (χ1) is 9.10. The quantitative estimate of drug-likeness (QED) is 0.837. The molecule has 19 heavy (non-hydrogen) atoms. The highest BCUT2D eigenvalue weighted by Crippen LogP contribution is 2.31. The number of aromatic carboxylic acids is 1. The monoisotopic (exact) mass is 270 g/mol. The van der Waals surface area contributed by atoms with Crippen LogP contribution in [0.4, 0.5) is 5.69 Å². The van der Waals surface area contributed by atoms with E-state index in [1.54, 1.807) is 36.4 Å². The van der Waals surface area contributed by atoms with Crippen LogP contribution in [0.2, 0.25) is 0 Å². The Kier molecular flexibility index (Phi) is 3.74. The van der Waals surface area contributed by atoms with Crippen molar-refractivity contribution in [2.45, 2.75) is 9.79 Å². The van der Waals surface area contributed by atoms with Gasteiger partial charge in [0.1, 0.15) is 0 Å². The average molecular weight is 270 g/mol. The van der Waals surface area contributed by atoms with Crippen LogP contribution in [0.5, 0.6) is 0 Å². The number of carboxylic acid groups (broad SMARTS) is 1. The van der Waals surface area contributed by atoms with Gasteiger partial charge in [-0.05, 0) is 42.5 Å². The zero-order valence-electron chi connectivity index (χ0n) is 9.83. The first kappa shape index (κ1) is 13.0. The molecule has 0 atom stereocenters. The fourth-order valence-corrected chi connectivity index (χ4v) is 2.45. The molecule has 0 aliphatic rings. The number of nitrogens with two attached hydrogens (primary N) is 1. The number of hydrogen-bond acceptors (Lipinski definition) is 4. The van der Waals surface area contributed by atoms with E-state index in [4.69, 9.17) is 16.1 Å². The van der Waals surface area contributed by atoms with Crippen LogP contribution < -0.4 is 5.73 Å². The summed E-state index contributed by atoms with van der Waals surface area (Å²) in [5.74, 6) is -1.01. The number of anilines is 1. The molecule has 2 rings (SSSR count). The Morgan fingerprint density at radius 2 is 1.89 bits per heavy atom. The van der Waals surface area contributed by atoms with Gasteiger partial charge in [-0.25, -0.2) is 4.79 Å². The normalized spacial score (nSPS) is 9.84. The minimum absolute atomic E-state index is 0.175. The van der Waals surface area contributed by atoms with Gasteiger partial charge in [0.15, 0.2) is 0 Å². The lowest BCUT2D eigenvalue weighted by Gasteiger charge is -2.06. The molecule has 0 aliphatic heterocycles. The summed E-state index contributed by atoms with van der Waals surface area (Å²) in [5.41, 5.74) is 6.75. The largest absolute Gasteiger partial charge is 0.478 e. The number of rotatable bonds is 3. The van der Waals surface area contributed by atoms with Gasteiger partial charge in [0.25, 0.3) is 0 Å². The maximum atomic E-state index is 11.2. The van der Waals surface area contributed by atoms with E-state index in [2.05, 4.69) is 0 Å². The molecule has 5 heteroatoms. The average Bonchev–Trinajstić information content (AvgIpc) is 2.41. The third-order valence-corrected chi connectivity index (χ3v) is 3.53. The Balaban J connectivity index is 2.32. The summed E-state index contributed by atoms with van der Waals surface area (Å²) in [6.45, 7) is 0. The highest BCUT2D eigenvalue weighted by molar-refractivity contribution is 7.99. The molecule has 0 saturated carbocycles. The summed E-state index contributed by atoms with van der Waals surface area (Å²) >= 11 is 1.32. The van der Waals surface area contributed by atoms with Gasteiger partial charge in [-0.2, -0.15) is 5.26 Å². The second-order valence-electron chi connectivity index (χ2n) is 3.80. The second kappa shape index (κ2) is 5.46. The van der Waals surface area contributed by atoms with Gasteiger partial charge in [0.2, 0.25) is 0 Å². The minimum Gasteiger partial charge on any atom is -0.478 e. The van der Waals surface area contributed by atoms with Crippen LogP contribution in [-0.2, 0) is 0 Å². The van der Waals surface area contributed by atoms with Gasteiger partial charge in [-0.15, -0.1) is 0 Å². The zero-order valence-corrected chi connectivity index (χ0v) is 10.6. The van der Waals surface area contributed by atoms with E-state index in [0.29, 0.717) is 16.1 Å². The molecule has 0 radical (unpaired) electrons. The van der Waals surface area contributed by atoms with Gasteiger partial charge >= 0.3 is 5.97 Å². The number of carboxylic acids is 1.